The molecule has 1 aliphatic rings. The highest BCUT2D eigenvalue weighted by atomic mass is 35.5. The Kier molecular flexibility index (Phi) is 6.66. The first-order chi connectivity index (χ1) is 17.3. The molecule has 0 amide bonds. The minimum absolute atomic E-state index is 0.288. The zero-order valence-corrected chi connectivity index (χ0v) is 22.0. The zero-order valence-electron chi connectivity index (χ0n) is 18.9. The Morgan fingerprint density at radius 3 is 2.50 bits per heavy atom. The maximum atomic E-state index is 13.6. The van der Waals surface area contributed by atoms with Crippen LogP contribution in [0.25, 0.3) is 17.4 Å². The Balaban J connectivity index is 1.64. The Morgan fingerprint density at radius 1 is 1.08 bits per heavy atom. The van der Waals surface area contributed by atoms with Gasteiger partial charge in [-0.25, -0.2) is 9.79 Å². The van der Waals surface area contributed by atoms with Gasteiger partial charge in [0.15, 0.2) is 4.80 Å². The molecule has 10 heteroatoms. The minimum Gasteiger partial charge on any atom is -0.466 e. The number of hydrogen-bond acceptors (Lipinski definition) is 6. The van der Waals surface area contributed by atoms with Gasteiger partial charge in [0.2, 0.25) is 0 Å². The molecule has 0 bridgehead atoms. The molecule has 2 aromatic carbocycles. The predicted molar refractivity (Wildman–Crippen MR) is 141 cm³/mol. The van der Waals surface area contributed by atoms with E-state index in [1.165, 1.54) is 23.0 Å². The SMILES string of the molecule is COC(=O)C1=C(C)N=c2s/c(=C\c3ccc(-c4ccc(Cl)cc4Cl)o3)c(=O)n2[C@@H]1c1ccc(Cl)cc1. The molecule has 0 saturated heterocycles. The van der Waals surface area contributed by atoms with Crippen LogP contribution in [-0.4, -0.2) is 17.6 Å². The molecule has 0 unspecified atom stereocenters. The summed E-state index contributed by atoms with van der Waals surface area (Å²) in [6.07, 6.45) is 1.65. The van der Waals surface area contributed by atoms with E-state index in [1.54, 1.807) is 67.6 Å². The molecule has 0 saturated carbocycles. The number of hydrogen-bond donors (Lipinski definition) is 0. The van der Waals surface area contributed by atoms with Crippen molar-refractivity contribution >= 4 is 58.2 Å². The van der Waals surface area contributed by atoms with Gasteiger partial charge in [-0.1, -0.05) is 58.3 Å². The monoisotopic (exact) mass is 558 g/mol. The summed E-state index contributed by atoms with van der Waals surface area (Å²) in [5, 5.41) is 1.52. The normalized spacial score (nSPS) is 15.6. The highest BCUT2D eigenvalue weighted by molar-refractivity contribution is 7.07. The van der Waals surface area contributed by atoms with E-state index >= 15 is 0 Å². The smallest absolute Gasteiger partial charge is 0.338 e. The quantitative estimate of drug-likeness (QED) is 0.304. The van der Waals surface area contributed by atoms with Crippen molar-refractivity contribution in [1.29, 1.82) is 0 Å². The number of ether oxygens (including phenoxy) is 1. The van der Waals surface area contributed by atoms with Crippen LogP contribution >= 0.6 is 46.1 Å². The number of nitrogens with zero attached hydrogens (tertiary/aromatic N) is 2. The number of methoxy groups -OCH3 is 1. The summed E-state index contributed by atoms with van der Waals surface area (Å²) in [5.41, 5.74) is 1.85. The van der Waals surface area contributed by atoms with E-state index in [0.29, 0.717) is 52.7 Å². The predicted octanol–water partition coefficient (Wildman–Crippen LogP) is 5.63. The summed E-state index contributed by atoms with van der Waals surface area (Å²) in [5.74, 6) is 0.452. The second-order valence-electron chi connectivity index (χ2n) is 7.95. The zero-order chi connectivity index (χ0) is 25.6. The summed E-state index contributed by atoms with van der Waals surface area (Å²) < 4.78 is 12.9. The number of thiazole rings is 1. The van der Waals surface area contributed by atoms with Crippen molar-refractivity contribution in [3.8, 4) is 11.3 Å². The highest BCUT2D eigenvalue weighted by Crippen LogP contribution is 2.33. The van der Waals surface area contributed by atoms with E-state index < -0.39 is 12.0 Å². The second-order valence-corrected chi connectivity index (χ2v) is 10.2. The van der Waals surface area contributed by atoms with Crippen LogP contribution in [0, 0.1) is 0 Å². The van der Waals surface area contributed by atoms with E-state index in [2.05, 4.69) is 4.99 Å². The summed E-state index contributed by atoms with van der Waals surface area (Å²) in [6, 6.07) is 14.9. The molecule has 6 nitrogen and oxygen atoms in total. The lowest BCUT2D eigenvalue weighted by Gasteiger charge is -2.24. The molecule has 3 heterocycles. The van der Waals surface area contributed by atoms with E-state index in [-0.39, 0.29) is 11.1 Å². The molecule has 4 aromatic rings. The van der Waals surface area contributed by atoms with Crippen molar-refractivity contribution < 1.29 is 13.9 Å². The molecule has 0 N–H and O–H groups in total. The lowest BCUT2D eigenvalue weighted by atomic mass is 9.96. The van der Waals surface area contributed by atoms with Gasteiger partial charge in [-0.05, 0) is 55.0 Å². The average Bonchev–Trinajstić information content (AvgIpc) is 3.43. The summed E-state index contributed by atoms with van der Waals surface area (Å²) in [6.45, 7) is 1.72. The van der Waals surface area contributed by atoms with E-state index in [4.69, 9.17) is 44.0 Å². The number of carbonyl (C=O) groups is 1. The first kappa shape index (κ1) is 24.6. The second kappa shape index (κ2) is 9.75. The van der Waals surface area contributed by atoms with Gasteiger partial charge < -0.3 is 9.15 Å². The third-order valence-electron chi connectivity index (χ3n) is 5.71. The van der Waals surface area contributed by atoms with E-state index in [0.717, 1.165) is 0 Å². The largest absolute Gasteiger partial charge is 0.466 e. The average molecular weight is 560 g/mol. The first-order valence-corrected chi connectivity index (χ1v) is 12.6. The molecular weight excluding hydrogens is 543 g/mol. The van der Waals surface area contributed by atoms with Gasteiger partial charge >= 0.3 is 5.97 Å². The van der Waals surface area contributed by atoms with Crippen LogP contribution in [0.5, 0.6) is 0 Å². The fourth-order valence-electron chi connectivity index (χ4n) is 4.05. The van der Waals surface area contributed by atoms with Gasteiger partial charge in [0.05, 0.1) is 34.0 Å². The van der Waals surface area contributed by atoms with Crippen LogP contribution in [0.4, 0.5) is 0 Å². The van der Waals surface area contributed by atoms with Crippen LogP contribution in [0.3, 0.4) is 0 Å². The van der Waals surface area contributed by atoms with Crippen LogP contribution in [-0.2, 0) is 9.53 Å². The van der Waals surface area contributed by atoms with Crippen LogP contribution in [0.15, 0.2) is 80.1 Å². The summed E-state index contributed by atoms with van der Waals surface area (Å²) >= 11 is 19.6. The van der Waals surface area contributed by atoms with Crippen molar-refractivity contribution in [2.75, 3.05) is 7.11 Å². The van der Waals surface area contributed by atoms with Gasteiger partial charge in [-0.2, -0.15) is 0 Å². The minimum atomic E-state index is -0.715. The Hall–Kier alpha value is -3.10. The first-order valence-electron chi connectivity index (χ1n) is 10.7. The lowest BCUT2D eigenvalue weighted by Crippen LogP contribution is -2.39. The standard InChI is InChI=1S/C26H17Cl3N2O4S/c1-13-22(25(33)34-2)23(14-3-5-15(27)6-4-14)31-24(32)21(36-26(31)30-13)12-17-8-10-20(35-17)18-9-7-16(28)11-19(18)29/h3-12,23H,1-2H3/b21-12-/t23-/m1/s1. The summed E-state index contributed by atoms with van der Waals surface area (Å²) in [7, 11) is 1.30. The Labute approximate surface area is 224 Å². The molecule has 0 fully saturated rings. The van der Waals surface area contributed by atoms with Crippen molar-refractivity contribution in [1.82, 2.24) is 4.57 Å². The molecule has 2 aromatic heterocycles. The van der Waals surface area contributed by atoms with Crippen molar-refractivity contribution in [3.63, 3.8) is 0 Å². The Bertz CT molecular complexity index is 1710. The Morgan fingerprint density at radius 2 is 1.81 bits per heavy atom. The number of benzene rings is 2. The van der Waals surface area contributed by atoms with Crippen LogP contribution in [0.2, 0.25) is 15.1 Å². The summed E-state index contributed by atoms with van der Waals surface area (Å²) in [4.78, 5) is 31.3. The molecule has 0 aliphatic carbocycles. The molecule has 1 atom stereocenters. The molecule has 36 heavy (non-hydrogen) atoms. The van der Waals surface area contributed by atoms with Crippen molar-refractivity contribution in [2.45, 2.75) is 13.0 Å². The number of fused-ring (bicyclic) bond motifs is 1. The number of carbonyl (C=O) groups excluding carboxylic acids is 1. The lowest BCUT2D eigenvalue weighted by molar-refractivity contribution is -0.136. The fourth-order valence-corrected chi connectivity index (χ4v) is 5.70. The number of aromatic nitrogens is 1. The number of rotatable bonds is 4. The third-order valence-corrected chi connectivity index (χ3v) is 7.49. The third kappa shape index (κ3) is 4.44. The number of halogens is 3. The van der Waals surface area contributed by atoms with Gasteiger partial charge in [0, 0.05) is 21.7 Å². The van der Waals surface area contributed by atoms with E-state index in [9.17, 15) is 9.59 Å². The van der Waals surface area contributed by atoms with Gasteiger partial charge in [0.25, 0.3) is 5.56 Å². The van der Waals surface area contributed by atoms with Crippen LogP contribution in [0.1, 0.15) is 24.3 Å². The molecule has 0 radical (unpaired) electrons. The molecule has 182 valence electrons. The van der Waals surface area contributed by atoms with Crippen LogP contribution < -0.4 is 14.9 Å². The topological polar surface area (TPSA) is 73.8 Å². The van der Waals surface area contributed by atoms with Gasteiger partial charge in [-0.15, -0.1) is 0 Å². The highest BCUT2D eigenvalue weighted by Gasteiger charge is 2.33. The fraction of sp³-hybridized carbons (Fsp3) is 0.115. The molecule has 5 rings (SSSR count). The van der Waals surface area contributed by atoms with Gasteiger partial charge in [-0.3, -0.25) is 9.36 Å². The van der Waals surface area contributed by atoms with Gasteiger partial charge in [0.1, 0.15) is 11.5 Å². The molecular formula is C26H17Cl3N2O4S. The maximum absolute atomic E-state index is 13.6. The number of furan rings is 1. The maximum Gasteiger partial charge on any atom is 0.338 e. The molecule has 0 spiro atoms. The van der Waals surface area contributed by atoms with Crippen molar-refractivity contribution in [3.05, 3.63) is 112 Å². The van der Waals surface area contributed by atoms with E-state index in [1.807, 2.05) is 0 Å². The number of allylic oxidation sites excluding steroid dienone is 1. The van der Waals surface area contributed by atoms with Crippen molar-refractivity contribution in [2.24, 2.45) is 4.99 Å². The number of esters is 1. The molecule has 1 aliphatic heterocycles.